The molecule has 7 heteroatoms. The Hall–Kier alpha value is -2.64. The number of anilines is 1. The molecule has 0 saturated carbocycles. The van der Waals surface area contributed by atoms with E-state index < -0.39 is 11.7 Å². The smallest absolute Gasteiger partial charge is 0.325 e. The number of halogens is 3. The molecule has 154 valence electrons. The minimum atomic E-state index is -4.42. The number of amides is 1. The highest BCUT2D eigenvalue weighted by Gasteiger charge is 2.30. The molecule has 29 heavy (non-hydrogen) atoms. The average molecular weight is 403 g/mol. The number of nitrogens with one attached hydrogen (secondary N) is 1. The van der Waals surface area contributed by atoms with Crippen molar-refractivity contribution in [2.45, 2.75) is 6.18 Å². The first-order valence-electron chi connectivity index (χ1n) is 9.53. The van der Waals surface area contributed by atoms with Gasteiger partial charge < -0.3 is 5.32 Å². The van der Waals surface area contributed by atoms with E-state index in [1.165, 1.54) is 12.1 Å². The van der Waals surface area contributed by atoms with Gasteiger partial charge in [0.2, 0.25) is 5.91 Å². The predicted molar refractivity (Wildman–Crippen MR) is 108 cm³/mol. The average Bonchev–Trinajstić information content (AvgIpc) is 2.70. The van der Waals surface area contributed by atoms with Gasteiger partial charge in [-0.05, 0) is 23.8 Å². The van der Waals surface area contributed by atoms with Crippen LogP contribution in [0.15, 0.2) is 60.7 Å². The van der Waals surface area contributed by atoms with Gasteiger partial charge in [-0.3, -0.25) is 14.6 Å². The fourth-order valence-electron chi connectivity index (χ4n) is 3.21. The van der Waals surface area contributed by atoms with Gasteiger partial charge in [-0.15, -0.1) is 0 Å². The summed E-state index contributed by atoms with van der Waals surface area (Å²) in [5, 5.41) is 2.56. The molecule has 0 unspecified atom stereocenters. The zero-order chi connectivity index (χ0) is 20.7. The van der Waals surface area contributed by atoms with Crippen molar-refractivity contribution in [1.82, 2.24) is 9.80 Å². The van der Waals surface area contributed by atoms with Gasteiger partial charge in [0.15, 0.2) is 0 Å². The second-order valence-electron chi connectivity index (χ2n) is 7.02. The van der Waals surface area contributed by atoms with Crippen LogP contribution in [0.25, 0.3) is 6.08 Å². The van der Waals surface area contributed by atoms with E-state index in [-0.39, 0.29) is 18.1 Å². The summed E-state index contributed by atoms with van der Waals surface area (Å²) in [7, 11) is 0. The lowest BCUT2D eigenvalue weighted by molar-refractivity contribution is -0.137. The summed E-state index contributed by atoms with van der Waals surface area (Å²) in [4.78, 5) is 16.5. The standard InChI is InChI=1S/C22H24F3N3O/c23-22(24,25)19-9-4-10-20(16-19)26-21(29)17-28-14-12-27(13-15-28)11-5-8-18-6-2-1-3-7-18/h1-10,16H,11-15,17H2,(H,26,29)/b8-5+. The number of hydrogen-bond acceptors (Lipinski definition) is 3. The molecule has 0 aromatic heterocycles. The maximum atomic E-state index is 12.8. The van der Waals surface area contributed by atoms with Gasteiger partial charge >= 0.3 is 6.18 Å². The van der Waals surface area contributed by atoms with Gasteiger partial charge in [0.25, 0.3) is 0 Å². The number of piperazine rings is 1. The Morgan fingerprint density at radius 2 is 1.66 bits per heavy atom. The SMILES string of the molecule is O=C(CN1CCN(C/C=C/c2ccccc2)CC1)Nc1cccc(C(F)(F)F)c1. The van der Waals surface area contributed by atoms with Gasteiger partial charge in [-0.2, -0.15) is 13.2 Å². The first-order valence-corrected chi connectivity index (χ1v) is 9.53. The third-order valence-electron chi connectivity index (χ3n) is 4.78. The maximum absolute atomic E-state index is 12.8. The summed E-state index contributed by atoms with van der Waals surface area (Å²) < 4.78 is 38.3. The second-order valence-corrected chi connectivity index (χ2v) is 7.02. The molecule has 0 bridgehead atoms. The molecule has 1 saturated heterocycles. The van der Waals surface area contributed by atoms with E-state index in [1.807, 2.05) is 23.1 Å². The van der Waals surface area contributed by atoms with Crippen molar-refractivity contribution < 1.29 is 18.0 Å². The number of carbonyl (C=O) groups excluding carboxylic acids is 1. The third-order valence-corrected chi connectivity index (χ3v) is 4.78. The molecule has 0 spiro atoms. The van der Waals surface area contributed by atoms with Gasteiger partial charge in [-0.1, -0.05) is 48.6 Å². The van der Waals surface area contributed by atoms with E-state index in [2.05, 4.69) is 34.5 Å². The highest BCUT2D eigenvalue weighted by molar-refractivity contribution is 5.92. The van der Waals surface area contributed by atoms with Crippen molar-refractivity contribution in [3.63, 3.8) is 0 Å². The fraction of sp³-hybridized carbons (Fsp3) is 0.318. The largest absolute Gasteiger partial charge is 0.416 e. The van der Waals surface area contributed by atoms with E-state index >= 15 is 0 Å². The van der Waals surface area contributed by atoms with E-state index in [0.717, 1.165) is 50.4 Å². The van der Waals surface area contributed by atoms with E-state index in [1.54, 1.807) is 0 Å². The molecule has 1 aliphatic rings. The third kappa shape index (κ3) is 6.73. The predicted octanol–water partition coefficient (Wildman–Crippen LogP) is 3.97. The van der Waals surface area contributed by atoms with Crippen molar-refractivity contribution in [2.75, 3.05) is 44.6 Å². The molecule has 3 rings (SSSR count). The Kier molecular flexibility index (Phi) is 7.06. The van der Waals surface area contributed by atoms with Gasteiger partial charge in [0, 0.05) is 38.4 Å². The number of benzene rings is 2. The Morgan fingerprint density at radius 3 is 2.34 bits per heavy atom. The normalized spacial score (nSPS) is 16.2. The molecule has 2 aromatic rings. The zero-order valence-electron chi connectivity index (χ0n) is 16.0. The van der Waals surface area contributed by atoms with Gasteiger partial charge in [-0.25, -0.2) is 0 Å². The van der Waals surface area contributed by atoms with Crippen molar-refractivity contribution in [1.29, 1.82) is 0 Å². The Morgan fingerprint density at radius 1 is 0.966 bits per heavy atom. The van der Waals surface area contributed by atoms with Crippen molar-refractivity contribution >= 4 is 17.7 Å². The number of nitrogens with zero attached hydrogens (tertiary/aromatic N) is 2. The molecule has 2 aromatic carbocycles. The second kappa shape index (κ2) is 9.71. The maximum Gasteiger partial charge on any atom is 0.416 e. The summed E-state index contributed by atoms with van der Waals surface area (Å²) in [5.74, 6) is -0.304. The van der Waals surface area contributed by atoms with Crippen LogP contribution in [-0.4, -0.2) is 55.0 Å². The summed E-state index contributed by atoms with van der Waals surface area (Å²) >= 11 is 0. The van der Waals surface area contributed by atoms with Crippen LogP contribution in [0.2, 0.25) is 0 Å². The van der Waals surface area contributed by atoms with Crippen molar-refractivity contribution in [2.24, 2.45) is 0 Å². The van der Waals surface area contributed by atoms with Crippen molar-refractivity contribution in [3.05, 3.63) is 71.8 Å². The lowest BCUT2D eigenvalue weighted by Crippen LogP contribution is -2.48. The molecule has 1 aliphatic heterocycles. The van der Waals surface area contributed by atoms with Crippen LogP contribution >= 0.6 is 0 Å². The topological polar surface area (TPSA) is 35.6 Å². The highest BCUT2D eigenvalue weighted by Crippen LogP contribution is 2.30. The van der Waals surface area contributed by atoms with E-state index in [4.69, 9.17) is 0 Å². The number of hydrogen-bond donors (Lipinski definition) is 1. The van der Waals surface area contributed by atoms with E-state index in [0.29, 0.717) is 0 Å². The number of alkyl halides is 3. The van der Waals surface area contributed by atoms with Crippen LogP contribution in [0.5, 0.6) is 0 Å². The molecule has 0 aliphatic carbocycles. The van der Waals surface area contributed by atoms with Crippen LogP contribution in [0, 0.1) is 0 Å². The highest BCUT2D eigenvalue weighted by atomic mass is 19.4. The van der Waals surface area contributed by atoms with Crippen LogP contribution < -0.4 is 5.32 Å². The fourth-order valence-corrected chi connectivity index (χ4v) is 3.21. The molecule has 0 atom stereocenters. The summed E-state index contributed by atoms with van der Waals surface area (Å²) in [6.07, 6.45) is -0.202. The van der Waals surface area contributed by atoms with Crippen LogP contribution in [0.1, 0.15) is 11.1 Å². The first-order chi connectivity index (χ1) is 13.9. The molecule has 1 amide bonds. The lowest BCUT2D eigenvalue weighted by atomic mass is 10.2. The molecule has 4 nitrogen and oxygen atoms in total. The molecule has 0 radical (unpaired) electrons. The Labute approximate surface area is 168 Å². The van der Waals surface area contributed by atoms with Crippen LogP contribution in [0.4, 0.5) is 18.9 Å². The van der Waals surface area contributed by atoms with Crippen molar-refractivity contribution in [3.8, 4) is 0 Å². The summed E-state index contributed by atoms with van der Waals surface area (Å²) in [5.41, 5.74) is 0.555. The minimum absolute atomic E-state index is 0.162. The Balaban J connectivity index is 1.41. The molecular weight excluding hydrogens is 379 g/mol. The molecular formula is C22H24F3N3O. The lowest BCUT2D eigenvalue weighted by Gasteiger charge is -2.33. The Bertz CT molecular complexity index is 829. The monoisotopic (exact) mass is 403 g/mol. The minimum Gasteiger partial charge on any atom is -0.325 e. The number of carbonyl (C=O) groups is 1. The van der Waals surface area contributed by atoms with Gasteiger partial charge in [0.1, 0.15) is 0 Å². The summed E-state index contributed by atoms with van der Waals surface area (Å²) in [6, 6.07) is 14.8. The quantitative estimate of drug-likeness (QED) is 0.793. The first kappa shape index (κ1) is 21.1. The molecule has 1 N–H and O–H groups in total. The molecule has 1 heterocycles. The van der Waals surface area contributed by atoms with E-state index in [9.17, 15) is 18.0 Å². The molecule has 1 fully saturated rings. The van der Waals surface area contributed by atoms with Crippen LogP contribution in [0.3, 0.4) is 0 Å². The van der Waals surface area contributed by atoms with Crippen LogP contribution in [-0.2, 0) is 11.0 Å². The van der Waals surface area contributed by atoms with Gasteiger partial charge in [0.05, 0.1) is 12.1 Å². The zero-order valence-corrected chi connectivity index (χ0v) is 16.0. The summed E-state index contributed by atoms with van der Waals surface area (Å²) in [6.45, 7) is 4.19. The number of rotatable bonds is 6.